The third-order valence-corrected chi connectivity index (χ3v) is 4.74. The van der Waals surface area contributed by atoms with Gasteiger partial charge in [-0.3, -0.25) is 14.3 Å². The second kappa shape index (κ2) is 8.44. The Balaban J connectivity index is 1.77. The van der Waals surface area contributed by atoms with Crippen LogP contribution in [0.25, 0.3) is 11.4 Å². The molecule has 0 fully saturated rings. The van der Waals surface area contributed by atoms with Crippen LogP contribution in [-0.2, 0) is 11.3 Å². The highest BCUT2D eigenvalue weighted by Crippen LogP contribution is 2.27. The van der Waals surface area contributed by atoms with Gasteiger partial charge in [-0.1, -0.05) is 36.0 Å². The fourth-order valence-corrected chi connectivity index (χ4v) is 3.22. The summed E-state index contributed by atoms with van der Waals surface area (Å²) in [5.74, 6) is 0.644. The van der Waals surface area contributed by atoms with Crippen LogP contribution in [0.15, 0.2) is 72.7 Å². The van der Waals surface area contributed by atoms with Crippen molar-refractivity contribution in [3.63, 3.8) is 0 Å². The topological polar surface area (TPSA) is 72.7 Å². The Morgan fingerprint density at radius 1 is 1.23 bits per heavy atom. The van der Waals surface area contributed by atoms with Gasteiger partial charge in [-0.25, -0.2) is 0 Å². The molecule has 0 aliphatic carbocycles. The monoisotopic (exact) mass is 365 g/mol. The molecule has 0 saturated heterocycles. The molecule has 7 heteroatoms. The van der Waals surface area contributed by atoms with Crippen LogP contribution in [-0.4, -0.2) is 30.9 Å². The lowest BCUT2D eigenvalue weighted by atomic mass is 10.2. The molecule has 0 unspecified atom stereocenters. The van der Waals surface area contributed by atoms with E-state index in [1.807, 2.05) is 54.0 Å². The standard InChI is InChI=1S/C19H19N5OS/c1-3-13-24-17(15-9-11-20-12-10-15)22-23-19(24)26-14(2)18(25)21-16-7-5-4-6-8-16/h3-12,14H,1,13H2,2H3,(H,21,25)/t14-/m0/s1. The number of amides is 1. The van der Waals surface area contributed by atoms with Crippen molar-refractivity contribution in [3.8, 4) is 11.4 Å². The van der Waals surface area contributed by atoms with Gasteiger partial charge in [0.05, 0.1) is 5.25 Å². The molecule has 132 valence electrons. The molecule has 1 amide bonds. The molecule has 0 aliphatic heterocycles. The third-order valence-electron chi connectivity index (χ3n) is 3.66. The van der Waals surface area contributed by atoms with Crippen LogP contribution in [0.4, 0.5) is 5.69 Å². The Morgan fingerprint density at radius 3 is 2.65 bits per heavy atom. The van der Waals surface area contributed by atoms with Crippen molar-refractivity contribution in [2.45, 2.75) is 23.9 Å². The number of nitrogens with zero attached hydrogens (tertiary/aromatic N) is 4. The number of benzene rings is 1. The lowest BCUT2D eigenvalue weighted by molar-refractivity contribution is -0.115. The van der Waals surface area contributed by atoms with Gasteiger partial charge in [0.1, 0.15) is 0 Å². The molecule has 26 heavy (non-hydrogen) atoms. The molecule has 0 aliphatic rings. The molecule has 6 nitrogen and oxygen atoms in total. The first kappa shape index (κ1) is 17.9. The van der Waals surface area contributed by atoms with Gasteiger partial charge in [0.2, 0.25) is 5.91 Å². The predicted molar refractivity (Wildman–Crippen MR) is 104 cm³/mol. The number of pyridine rings is 1. The summed E-state index contributed by atoms with van der Waals surface area (Å²) in [5.41, 5.74) is 1.69. The average Bonchev–Trinajstić information content (AvgIpc) is 3.06. The third kappa shape index (κ3) is 4.18. The van der Waals surface area contributed by atoms with Gasteiger partial charge >= 0.3 is 0 Å². The minimum Gasteiger partial charge on any atom is -0.325 e. The number of allylic oxidation sites excluding steroid dienone is 1. The summed E-state index contributed by atoms with van der Waals surface area (Å²) < 4.78 is 1.94. The second-order valence-electron chi connectivity index (χ2n) is 5.56. The Bertz CT molecular complexity index is 879. The molecule has 1 atom stereocenters. The lowest BCUT2D eigenvalue weighted by Crippen LogP contribution is -2.22. The smallest absolute Gasteiger partial charge is 0.237 e. The lowest BCUT2D eigenvalue weighted by Gasteiger charge is -2.13. The van der Waals surface area contributed by atoms with Gasteiger partial charge in [0.25, 0.3) is 0 Å². The summed E-state index contributed by atoms with van der Waals surface area (Å²) in [5, 5.41) is 11.8. The van der Waals surface area contributed by atoms with Gasteiger partial charge < -0.3 is 5.32 Å². The van der Waals surface area contributed by atoms with Crippen LogP contribution in [0.5, 0.6) is 0 Å². The zero-order valence-electron chi connectivity index (χ0n) is 14.4. The number of para-hydroxylation sites is 1. The molecular weight excluding hydrogens is 346 g/mol. The van der Waals surface area contributed by atoms with Gasteiger partial charge in [-0.2, -0.15) is 0 Å². The van der Waals surface area contributed by atoms with Gasteiger partial charge in [-0.15, -0.1) is 16.8 Å². The van der Waals surface area contributed by atoms with E-state index in [4.69, 9.17) is 0 Å². The van der Waals surface area contributed by atoms with Crippen LogP contribution in [0.2, 0.25) is 0 Å². The Kier molecular flexibility index (Phi) is 5.80. The van der Waals surface area contributed by atoms with Crippen LogP contribution in [0, 0.1) is 0 Å². The minimum absolute atomic E-state index is 0.0835. The summed E-state index contributed by atoms with van der Waals surface area (Å²) in [6.07, 6.45) is 5.21. The van der Waals surface area contributed by atoms with Crippen molar-refractivity contribution < 1.29 is 4.79 Å². The molecule has 0 saturated carbocycles. The van der Waals surface area contributed by atoms with Crippen molar-refractivity contribution in [1.29, 1.82) is 0 Å². The van der Waals surface area contributed by atoms with Crippen LogP contribution >= 0.6 is 11.8 Å². The van der Waals surface area contributed by atoms with E-state index in [9.17, 15) is 4.79 Å². The van der Waals surface area contributed by atoms with E-state index < -0.39 is 0 Å². The van der Waals surface area contributed by atoms with E-state index >= 15 is 0 Å². The van der Waals surface area contributed by atoms with E-state index in [-0.39, 0.29) is 11.2 Å². The Labute approximate surface area is 156 Å². The number of carbonyl (C=O) groups excluding carboxylic acids is 1. The Morgan fingerprint density at radius 2 is 1.96 bits per heavy atom. The number of nitrogens with one attached hydrogen (secondary N) is 1. The van der Waals surface area contributed by atoms with Crippen LogP contribution in [0.3, 0.4) is 0 Å². The normalized spacial score (nSPS) is 11.7. The molecule has 3 rings (SSSR count). The average molecular weight is 365 g/mol. The first-order chi connectivity index (χ1) is 12.7. The number of thioether (sulfide) groups is 1. The maximum atomic E-state index is 12.4. The van der Waals surface area contributed by atoms with E-state index in [0.29, 0.717) is 11.7 Å². The van der Waals surface area contributed by atoms with Gasteiger partial charge in [-0.05, 0) is 31.2 Å². The van der Waals surface area contributed by atoms with E-state index in [0.717, 1.165) is 17.1 Å². The van der Waals surface area contributed by atoms with Gasteiger partial charge in [0.15, 0.2) is 11.0 Å². The second-order valence-corrected chi connectivity index (χ2v) is 6.86. The maximum absolute atomic E-state index is 12.4. The SMILES string of the molecule is C=CCn1c(S[C@@H](C)C(=O)Nc2ccccc2)nnc1-c1ccncc1. The van der Waals surface area contributed by atoms with Crippen LogP contribution in [0.1, 0.15) is 6.92 Å². The van der Waals surface area contributed by atoms with Crippen molar-refractivity contribution in [2.24, 2.45) is 0 Å². The number of hydrogen-bond donors (Lipinski definition) is 1. The van der Waals surface area contributed by atoms with E-state index in [2.05, 4.69) is 27.1 Å². The maximum Gasteiger partial charge on any atom is 0.237 e. The number of hydrogen-bond acceptors (Lipinski definition) is 5. The molecule has 0 spiro atoms. The van der Waals surface area contributed by atoms with Crippen molar-refractivity contribution in [2.75, 3.05) is 5.32 Å². The number of rotatable bonds is 7. The largest absolute Gasteiger partial charge is 0.325 e. The number of anilines is 1. The van der Waals surface area contributed by atoms with E-state index in [1.54, 1.807) is 18.5 Å². The van der Waals surface area contributed by atoms with E-state index in [1.165, 1.54) is 11.8 Å². The molecule has 1 aromatic carbocycles. The minimum atomic E-state index is -0.326. The molecule has 0 radical (unpaired) electrons. The highest BCUT2D eigenvalue weighted by atomic mass is 32.2. The molecule has 2 heterocycles. The highest BCUT2D eigenvalue weighted by Gasteiger charge is 2.20. The molecule has 2 aromatic heterocycles. The molecule has 1 N–H and O–H groups in total. The summed E-state index contributed by atoms with van der Waals surface area (Å²) in [6, 6.07) is 13.2. The summed E-state index contributed by atoms with van der Waals surface area (Å²) in [4.78, 5) is 16.5. The first-order valence-electron chi connectivity index (χ1n) is 8.16. The summed E-state index contributed by atoms with van der Waals surface area (Å²) in [6.45, 7) is 6.21. The zero-order valence-corrected chi connectivity index (χ0v) is 15.2. The molecular formula is C19H19N5OS. The number of carbonyl (C=O) groups is 1. The molecule has 0 bridgehead atoms. The zero-order chi connectivity index (χ0) is 18.4. The summed E-state index contributed by atoms with van der Waals surface area (Å²) in [7, 11) is 0. The highest BCUT2D eigenvalue weighted by molar-refractivity contribution is 8.00. The van der Waals surface area contributed by atoms with Crippen molar-refractivity contribution in [3.05, 3.63) is 67.5 Å². The van der Waals surface area contributed by atoms with Crippen LogP contribution < -0.4 is 5.32 Å². The van der Waals surface area contributed by atoms with Crippen molar-refractivity contribution >= 4 is 23.4 Å². The quantitative estimate of drug-likeness (QED) is 0.511. The molecule has 3 aromatic rings. The fraction of sp³-hybridized carbons (Fsp3) is 0.158. The van der Waals surface area contributed by atoms with Gasteiger partial charge in [0, 0.05) is 30.2 Å². The number of aromatic nitrogens is 4. The summed E-state index contributed by atoms with van der Waals surface area (Å²) >= 11 is 1.37. The first-order valence-corrected chi connectivity index (χ1v) is 9.04. The van der Waals surface area contributed by atoms with Crippen molar-refractivity contribution in [1.82, 2.24) is 19.7 Å². The Hall–Kier alpha value is -2.93. The fourth-order valence-electron chi connectivity index (χ4n) is 2.36. The predicted octanol–water partition coefficient (Wildman–Crippen LogP) is 3.65.